The van der Waals surface area contributed by atoms with Gasteiger partial charge in [-0.1, -0.05) is 267 Å². The smallest absolute Gasteiger partial charge is 0.0737 e. The van der Waals surface area contributed by atoms with E-state index in [-0.39, 0.29) is 0 Å². The van der Waals surface area contributed by atoms with E-state index in [1.807, 2.05) is 0 Å². The summed E-state index contributed by atoms with van der Waals surface area (Å²) >= 11 is 0. The van der Waals surface area contributed by atoms with Gasteiger partial charge in [-0.2, -0.15) is 0 Å². The van der Waals surface area contributed by atoms with E-state index in [9.17, 15) is 0 Å². The SMILES string of the molecule is c1ccc(-c2ccc(-c3ccccc3)c(N(c3ccccc3)c3ccc4c5c(ccc4c3)-c3ccc4cc(N(c6ccccc6)c6cc(-c7ccccc7)ccc6-c6ccccc6)ccc4c3C53c4ccccc4-c4ccccc43)c2)cc1. The summed E-state index contributed by atoms with van der Waals surface area (Å²) in [4.78, 5) is 4.91. The molecule has 1 spiro atoms. The van der Waals surface area contributed by atoms with Gasteiger partial charge in [0.25, 0.3) is 0 Å². The first kappa shape index (κ1) is 48.1. The molecule has 14 aromatic carbocycles. The molecule has 2 heteroatoms. The lowest BCUT2D eigenvalue weighted by Gasteiger charge is -2.33. The maximum atomic E-state index is 2.46. The first-order valence-corrected chi connectivity index (χ1v) is 28.7. The van der Waals surface area contributed by atoms with Crippen molar-refractivity contribution in [3.63, 3.8) is 0 Å². The Kier molecular flexibility index (Phi) is 11.5. The minimum atomic E-state index is -0.618. The maximum absolute atomic E-state index is 2.46. The Morgan fingerprint density at radius 3 is 0.940 bits per heavy atom. The second-order valence-corrected chi connectivity index (χ2v) is 21.9. The van der Waals surface area contributed by atoms with Gasteiger partial charge in [0.15, 0.2) is 0 Å². The van der Waals surface area contributed by atoms with Gasteiger partial charge in [0.05, 0.1) is 16.8 Å². The van der Waals surface area contributed by atoms with Gasteiger partial charge in [-0.15, -0.1) is 0 Å². The van der Waals surface area contributed by atoms with E-state index in [2.05, 4.69) is 337 Å². The van der Waals surface area contributed by atoms with E-state index < -0.39 is 5.41 Å². The molecule has 14 aromatic rings. The highest BCUT2D eigenvalue weighted by Gasteiger charge is 2.53. The van der Waals surface area contributed by atoms with E-state index >= 15 is 0 Å². The third kappa shape index (κ3) is 7.79. The quantitative estimate of drug-likeness (QED) is 0.135. The fourth-order valence-corrected chi connectivity index (χ4v) is 13.9. The van der Waals surface area contributed by atoms with Gasteiger partial charge in [-0.3, -0.25) is 0 Å². The van der Waals surface area contributed by atoms with Gasteiger partial charge in [0, 0.05) is 33.9 Å². The van der Waals surface area contributed by atoms with Gasteiger partial charge >= 0.3 is 0 Å². The zero-order valence-electron chi connectivity index (χ0n) is 45.6. The molecule has 0 atom stereocenters. The maximum Gasteiger partial charge on any atom is 0.0737 e. The van der Waals surface area contributed by atoms with Crippen molar-refractivity contribution in [2.45, 2.75) is 5.41 Å². The van der Waals surface area contributed by atoms with Crippen LogP contribution in [0.2, 0.25) is 0 Å². The number of fused-ring (bicyclic) bond motifs is 14. The molecule has 0 amide bonds. The summed E-state index contributed by atoms with van der Waals surface area (Å²) in [7, 11) is 0. The summed E-state index contributed by atoms with van der Waals surface area (Å²) in [6.07, 6.45) is 0. The van der Waals surface area contributed by atoms with E-state index in [1.165, 1.54) is 99.4 Å². The van der Waals surface area contributed by atoms with E-state index in [0.29, 0.717) is 0 Å². The molecule has 0 bridgehead atoms. The predicted octanol–water partition coefficient (Wildman–Crippen LogP) is 21.9. The first-order chi connectivity index (χ1) is 41.2. The van der Waals surface area contributed by atoms with Crippen molar-refractivity contribution in [1.82, 2.24) is 0 Å². The molecule has 2 nitrogen and oxygen atoms in total. The Labute approximate surface area is 484 Å². The molecule has 0 unspecified atom stereocenters. The summed E-state index contributed by atoms with van der Waals surface area (Å²) in [5.74, 6) is 0. The lowest BCUT2D eigenvalue weighted by atomic mass is 9.68. The van der Waals surface area contributed by atoms with Crippen LogP contribution in [0.4, 0.5) is 34.1 Å². The zero-order valence-corrected chi connectivity index (χ0v) is 45.6. The predicted molar refractivity (Wildman–Crippen MR) is 349 cm³/mol. The zero-order chi connectivity index (χ0) is 54.8. The molecular weight excluding hydrogens is 1000 g/mol. The van der Waals surface area contributed by atoms with Crippen molar-refractivity contribution in [3.05, 3.63) is 350 Å². The van der Waals surface area contributed by atoms with E-state index in [0.717, 1.165) is 45.3 Å². The van der Waals surface area contributed by atoms with E-state index in [1.54, 1.807) is 0 Å². The van der Waals surface area contributed by atoms with Crippen LogP contribution in [-0.2, 0) is 5.41 Å². The lowest BCUT2D eigenvalue weighted by molar-refractivity contribution is 0.809. The summed E-state index contributed by atoms with van der Waals surface area (Å²) in [6.45, 7) is 0. The van der Waals surface area contributed by atoms with Crippen molar-refractivity contribution in [2.75, 3.05) is 9.80 Å². The number of benzene rings is 14. The van der Waals surface area contributed by atoms with Crippen LogP contribution in [0, 0.1) is 0 Å². The van der Waals surface area contributed by atoms with Gasteiger partial charge < -0.3 is 9.80 Å². The summed E-state index contributed by atoms with van der Waals surface area (Å²) in [6, 6.07) is 121. The summed E-state index contributed by atoms with van der Waals surface area (Å²) < 4.78 is 0. The van der Waals surface area contributed by atoms with Crippen LogP contribution in [0.5, 0.6) is 0 Å². The Hall–Kier alpha value is -10.8. The number of nitrogens with zero attached hydrogens (tertiary/aromatic N) is 2. The Bertz CT molecular complexity index is 4460. The molecule has 0 radical (unpaired) electrons. The highest BCUT2D eigenvalue weighted by molar-refractivity contribution is 6.10. The van der Waals surface area contributed by atoms with Crippen LogP contribution in [0.1, 0.15) is 22.3 Å². The molecule has 0 heterocycles. The van der Waals surface area contributed by atoms with Crippen molar-refractivity contribution in [2.24, 2.45) is 0 Å². The second-order valence-electron chi connectivity index (χ2n) is 21.9. The third-order valence-electron chi connectivity index (χ3n) is 17.4. The number of hydrogen-bond donors (Lipinski definition) is 0. The molecule has 0 N–H and O–H groups in total. The second kappa shape index (κ2) is 19.8. The minimum Gasteiger partial charge on any atom is -0.310 e. The standard InChI is InChI=1S/C81H54N2/c1-7-23-55(24-8-1)59-39-45-67(57-27-11-3-12-28-57)77(53-59)82(63-31-15-5-16-32-63)65-43-49-69-61(51-65)41-47-73-74-48-42-62-52-66(44-50-70(62)80(74)81(79(69)73)75-37-21-19-35-71(75)72-36-20-22-38-76(72)81)83(64-33-17-6-18-34-64)78-54-60(56-25-9-2-10-26-56)40-46-68(78)58-29-13-4-14-30-58/h1-54H. The van der Waals surface area contributed by atoms with Crippen LogP contribution < -0.4 is 9.80 Å². The van der Waals surface area contributed by atoms with Gasteiger partial charge in [-0.25, -0.2) is 0 Å². The molecule has 2 aliphatic rings. The highest BCUT2D eigenvalue weighted by Crippen LogP contribution is 2.66. The average molecular weight is 1060 g/mol. The molecular formula is C81H54N2. The lowest BCUT2D eigenvalue weighted by Crippen LogP contribution is -2.26. The monoisotopic (exact) mass is 1050 g/mol. The molecule has 0 aromatic heterocycles. The Morgan fingerprint density at radius 1 is 0.205 bits per heavy atom. The average Bonchev–Trinajstić information content (AvgIpc) is 1.61. The van der Waals surface area contributed by atoms with Crippen molar-refractivity contribution in [3.8, 4) is 66.8 Å². The Morgan fingerprint density at radius 2 is 0.542 bits per heavy atom. The molecule has 2 aliphatic carbocycles. The fraction of sp³-hybridized carbons (Fsp3) is 0.0123. The molecule has 83 heavy (non-hydrogen) atoms. The van der Waals surface area contributed by atoms with Crippen molar-refractivity contribution >= 4 is 55.7 Å². The molecule has 0 saturated heterocycles. The number of para-hydroxylation sites is 2. The van der Waals surface area contributed by atoms with Crippen LogP contribution in [0.3, 0.4) is 0 Å². The number of rotatable bonds is 10. The summed E-state index contributed by atoms with van der Waals surface area (Å²) in [5.41, 5.74) is 25.8. The van der Waals surface area contributed by atoms with Crippen molar-refractivity contribution < 1.29 is 0 Å². The normalized spacial score (nSPS) is 12.4. The van der Waals surface area contributed by atoms with Crippen LogP contribution >= 0.6 is 0 Å². The van der Waals surface area contributed by atoms with E-state index in [4.69, 9.17) is 0 Å². The number of anilines is 6. The molecule has 16 rings (SSSR count). The molecule has 0 fully saturated rings. The fourth-order valence-electron chi connectivity index (χ4n) is 13.9. The minimum absolute atomic E-state index is 0.618. The summed E-state index contributed by atoms with van der Waals surface area (Å²) in [5, 5.41) is 4.87. The number of hydrogen-bond acceptors (Lipinski definition) is 2. The first-order valence-electron chi connectivity index (χ1n) is 28.7. The van der Waals surface area contributed by atoms with Gasteiger partial charge in [-0.05, 0) is 160 Å². The topological polar surface area (TPSA) is 6.48 Å². The van der Waals surface area contributed by atoms with Crippen LogP contribution in [0.15, 0.2) is 328 Å². The van der Waals surface area contributed by atoms with Crippen LogP contribution in [0.25, 0.3) is 88.3 Å². The molecule has 0 aliphatic heterocycles. The highest BCUT2D eigenvalue weighted by atomic mass is 15.2. The largest absolute Gasteiger partial charge is 0.310 e. The Balaban J connectivity index is 0.915. The molecule has 388 valence electrons. The third-order valence-corrected chi connectivity index (χ3v) is 17.4. The van der Waals surface area contributed by atoms with Gasteiger partial charge in [0.2, 0.25) is 0 Å². The van der Waals surface area contributed by atoms with Gasteiger partial charge in [0.1, 0.15) is 0 Å². The van der Waals surface area contributed by atoms with Crippen molar-refractivity contribution in [1.29, 1.82) is 0 Å². The molecule has 0 saturated carbocycles. The van der Waals surface area contributed by atoms with Crippen LogP contribution in [-0.4, -0.2) is 0 Å².